The van der Waals surface area contributed by atoms with E-state index in [1.165, 1.54) is 12.8 Å². The largest absolute Gasteiger partial charge is 1.00 e. The normalized spacial score (nSPS) is 15.7. The maximum absolute atomic E-state index is 12.8. The third-order valence-electron chi connectivity index (χ3n) is 2.18. The molecule has 0 atom stereocenters. The molecular weight excluding hydrogens is 311 g/mol. The first kappa shape index (κ1) is 30.0. The van der Waals surface area contributed by atoms with Gasteiger partial charge in [-0.1, -0.05) is 41.5 Å². The van der Waals surface area contributed by atoms with Crippen LogP contribution in [0.1, 0.15) is 75.2 Å². The van der Waals surface area contributed by atoms with Crippen LogP contribution in [0.25, 0.3) is 10.2 Å². The Kier molecular flexibility index (Phi) is 14.8. The third kappa shape index (κ3) is 19.6. The van der Waals surface area contributed by atoms with Crippen molar-refractivity contribution >= 4 is 7.59 Å². The van der Waals surface area contributed by atoms with Gasteiger partial charge < -0.3 is 19.5 Å². The van der Waals surface area contributed by atoms with Gasteiger partial charge in [-0.15, -0.1) is 11.1 Å². The van der Waals surface area contributed by atoms with Gasteiger partial charge in [-0.05, 0) is 41.2 Å². The van der Waals surface area contributed by atoms with Crippen molar-refractivity contribution in [3.05, 3.63) is 10.2 Å². The van der Waals surface area contributed by atoms with Gasteiger partial charge in [-0.2, -0.15) is 0 Å². The Hall–Kier alpha value is 1.26. The van der Waals surface area contributed by atoms with E-state index in [0.29, 0.717) is 0 Å². The standard InChI is InChI=1S/C12H28N3OP.C4H8O.2Li/c1-10(2,3)13-17(16,14-11(4,5)6)15-12(7,8)9;1-2-4-5-3-1;;/h1-9H3,(H-2,13,14,15,16);1-4H2;;/q-2;;2*+1. The van der Waals surface area contributed by atoms with Crippen molar-refractivity contribution in [1.29, 1.82) is 0 Å². The summed E-state index contributed by atoms with van der Waals surface area (Å²) in [4.78, 5) is 0. The topological polar surface area (TPSA) is 66.5 Å². The second-order valence-electron chi connectivity index (χ2n) is 8.77. The Morgan fingerprint density at radius 1 is 0.792 bits per heavy atom. The molecule has 5 nitrogen and oxygen atoms in total. The maximum Gasteiger partial charge on any atom is 1.00 e. The molecule has 0 amide bonds. The van der Waals surface area contributed by atoms with Crippen molar-refractivity contribution in [2.75, 3.05) is 13.2 Å². The number of hydrogen-bond acceptors (Lipinski definition) is 2. The van der Waals surface area contributed by atoms with E-state index in [4.69, 9.17) is 4.74 Å². The summed E-state index contributed by atoms with van der Waals surface area (Å²) < 4.78 is 17.8. The second kappa shape index (κ2) is 11.9. The number of ether oxygens (including phenoxy) is 1. The van der Waals surface area contributed by atoms with Crippen molar-refractivity contribution < 1.29 is 47.0 Å². The van der Waals surface area contributed by atoms with Crippen LogP contribution in [0.4, 0.5) is 0 Å². The molecule has 1 fully saturated rings. The summed E-state index contributed by atoms with van der Waals surface area (Å²) in [5.74, 6) is 0. The molecule has 1 heterocycles. The molecule has 0 aromatic rings. The average Bonchev–Trinajstić information content (AvgIpc) is 2.61. The van der Waals surface area contributed by atoms with E-state index < -0.39 is 7.59 Å². The van der Waals surface area contributed by atoms with Crippen LogP contribution in [0.5, 0.6) is 0 Å². The van der Waals surface area contributed by atoms with Crippen molar-refractivity contribution in [2.24, 2.45) is 0 Å². The molecule has 1 saturated heterocycles. The molecule has 24 heavy (non-hydrogen) atoms. The Labute approximate surface area is 174 Å². The molecule has 1 aliphatic heterocycles. The van der Waals surface area contributed by atoms with Crippen LogP contribution >= 0.6 is 7.59 Å². The van der Waals surface area contributed by atoms with E-state index in [0.717, 1.165) is 13.2 Å². The van der Waals surface area contributed by atoms with Gasteiger partial charge in [-0.25, -0.2) is 0 Å². The summed E-state index contributed by atoms with van der Waals surface area (Å²) in [5, 5.41) is 11.8. The van der Waals surface area contributed by atoms with E-state index in [-0.39, 0.29) is 54.3 Å². The van der Waals surface area contributed by atoms with Gasteiger partial charge in [-0.3, -0.25) is 5.09 Å². The molecule has 0 aliphatic carbocycles. The molecule has 0 spiro atoms. The smallest absolute Gasteiger partial charge is 0.603 e. The van der Waals surface area contributed by atoms with Crippen molar-refractivity contribution in [3.63, 3.8) is 0 Å². The predicted molar refractivity (Wildman–Crippen MR) is 96.8 cm³/mol. The number of nitrogens with zero attached hydrogens (tertiary/aromatic N) is 2. The molecule has 0 radical (unpaired) electrons. The monoisotopic (exact) mass is 347 g/mol. The molecule has 0 aromatic heterocycles. The van der Waals surface area contributed by atoms with Crippen molar-refractivity contribution in [1.82, 2.24) is 5.09 Å². The van der Waals surface area contributed by atoms with E-state index in [9.17, 15) is 4.57 Å². The SMILES string of the molecule is C1CCOC1.CC(C)(C)[N-]P(=O)([N-]C(C)(C)C)NC(C)(C)C.[Li+].[Li+]. The van der Waals surface area contributed by atoms with E-state index >= 15 is 0 Å². The first-order valence-corrected chi connectivity index (χ1v) is 9.69. The molecule has 1 N–H and O–H groups in total. The summed E-state index contributed by atoms with van der Waals surface area (Å²) in [6.45, 7) is 19.5. The van der Waals surface area contributed by atoms with Gasteiger partial charge >= 0.3 is 37.7 Å². The Morgan fingerprint density at radius 3 is 1.29 bits per heavy atom. The van der Waals surface area contributed by atoms with E-state index in [2.05, 4.69) is 15.3 Å². The summed E-state index contributed by atoms with van der Waals surface area (Å²) in [7, 11) is -3.08. The second-order valence-corrected chi connectivity index (χ2v) is 10.5. The minimum absolute atomic E-state index is 0. The zero-order valence-corrected chi connectivity index (χ0v) is 18.9. The fourth-order valence-corrected chi connectivity index (χ4v) is 4.48. The fraction of sp³-hybridized carbons (Fsp3) is 1.00. The zero-order chi connectivity index (χ0) is 17.7. The van der Waals surface area contributed by atoms with Gasteiger partial charge in [0, 0.05) is 18.8 Å². The molecule has 0 aromatic carbocycles. The molecule has 1 rings (SSSR count). The minimum Gasteiger partial charge on any atom is -0.603 e. The average molecular weight is 347 g/mol. The molecule has 0 unspecified atom stereocenters. The zero-order valence-electron chi connectivity index (χ0n) is 18.0. The fourth-order valence-electron chi connectivity index (χ4n) is 1.83. The minimum atomic E-state index is -3.08. The van der Waals surface area contributed by atoms with Crippen LogP contribution in [0.15, 0.2) is 0 Å². The van der Waals surface area contributed by atoms with Crippen molar-refractivity contribution in [3.8, 4) is 0 Å². The van der Waals surface area contributed by atoms with Crippen LogP contribution in [-0.2, 0) is 9.30 Å². The van der Waals surface area contributed by atoms with E-state index in [1.54, 1.807) is 0 Å². The molecular formula is C16H36Li2N3O2P. The third-order valence-corrected chi connectivity index (χ3v) is 4.88. The van der Waals surface area contributed by atoms with Crippen molar-refractivity contribution in [2.45, 2.75) is 91.8 Å². The molecule has 134 valence electrons. The predicted octanol–water partition coefficient (Wildman–Crippen LogP) is -0.368. The summed E-state index contributed by atoms with van der Waals surface area (Å²) >= 11 is 0. The van der Waals surface area contributed by atoms with Crippen LogP contribution in [0, 0.1) is 0 Å². The first-order chi connectivity index (χ1) is 9.62. The number of nitrogens with one attached hydrogen (secondary N) is 1. The van der Waals surface area contributed by atoms with Gasteiger partial charge in [0.2, 0.25) is 0 Å². The quantitative estimate of drug-likeness (QED) is 0.560. The summed E-state index contributed by atoms with van der Waals surface area (Å²) in [5.41, 5.74) is -1.02. The van der Waals surface area contributed by atoms with E-state index in [1.807, 2.05) is 62.3 Å². The van der Waals surface area contributed by atoms with Gasteiger partial charge in [0.05, 0.1) is 0 Å². The van der Waals surface area contributed by atoms with Gasteiger partial charge in [0.15, 0.2) is 0 Å². The molecule has 0 bridgehead atoms. The Morgan fingerprint density at radius 2 is 1.12 bits per heavy atom. The van der Waals surface area contributed by atoms with Gasteiger partial charge in [0.25, 0.3) is 0 Å². The van der Waals surface area contributed by atoms with Crippen LogP contribution in [0.3, 0.4) is 0 Å². The summed E-state index contributed by atoms with van der Waals surface area (Å²) in [6.07, 6.45) is 2.56. The summed E-state index contributed by atoms with van der Waals surface area (Å²) in [6, 6.07) is 0. The Bertz CT molecular complexity index is 316. The number of rotatable bonds is 3. The van der Waals surface area contributed by atoms with Crippen LogP contribution < -0.4 is 42.8 Å². The molecule has 8 heteroatoms. The number of hydrogen-bond donors (Lipinski definition) is 1. The van der Waals surface area contributed by atoms with Crippen LogP contribution in [0.2, 0.25) is 0 Å². The Balaban J connectivity index is -0.000000535. The van der Waals surface area contributed by atoms with Crippen LogP contribution in [-0.4, -0.2) is 29.8 Å². The molecule has 0 saturated carbocycles. The maximum atomic E-state index is 12.8. The molecule has 1 aliphatic rings. The van der Waals surface area contributed by atoms with Gasteiger partial charge in [0.1, 0.15) is 0 Å². The first-order valence-electron chi connectivity index (χ1n) is 8.08.